The van der Waals surface area contributed by atoms with Crippen molar-refractivity contribution in [2.24, 2.45) is 0 Å². The first-order valence-electron chi connectivity index (χ1n) is 4.47. The highest BCUT2D eigenvalue weighted by molar-refractivity contribution is 5.85. The summed E-state index contributed by atoms with van der Waals surface area (Å²) in [6.45, 7) is 5.84. The van der Waals surface area contributed by atoms with Gasteiger partial charge in [-0.3, -0.25) is 0 Å². The van der Waals surface area contributed by atoms with Gasteiger partial charge in [-0.15, -0.1) is 24.8 Å². The number of hydrogen-bond acceptors (Lipinski definition) is 5. The zero-order valence-electron chi connectivity index (χ0n) is 8.51. The van der Waals surface area contributed by atoms with Crippen LogP contribution in [0.25, 0.3) is 0 Å². The summed E-state index contributed by atoms with van der Waals surface area (Å²) < 4.78 is 0. The summed E-state index contributed by atoms with van der Waals surface area (Å²) in [4.78, 5) is 14.6. The van der Waals surface area contributed by atoms with Crippen molar-refractivity contribution in [3.63, 3.8) is 0 Å². The van der Waals surface area contributed by atoms with Gasteiger partial charge in [-0.25, -0.2) is 9.97 Å². The van der Waals surface area contributed by atoms with Crippen LogP contribution in [0.2, 0.25) is 0 Å². The van der Waals surface area contributed by atoms with Crippen LogP contribution in [0.3, 0.4) is 0 Å². The number of nitrogens with zero attached hydrogens (tertiary/aromatic N) is 4. The number of aromatic nitrogens is 3. The SMILES string of the molecule is Cc1ncnc(N2CCNCC2)n1.Cl.Cl. The fourth-order valence-corrected chi connectivity index (χ4v) is 1.38. The standard InChI is InChI=1S/C8H13N5.2ClH/c1-7-10-6-11-8(12-7)13-4-2-9-3-5-13;;/h6,9H,2-5H2,1H3;2*1H. The van der Waals surface area contributed by atoms with Gasteiger partial charge in [-0.2, -0.15) is 4.98 Å². The topological polar surface area (TPSA) is 53.9 Å². The molecule has 15 heavy (non-hydrogen) atoms. The van der Waals surface area contributed by atoms with Crippen LogP contribution in [0.4, 0.5) is 5.95 Å². The summed E-state index contributed by atoms with van der Waals surface area (Å²) in [5.74, 6) is 1.58. The summed E-state index contributed by atoms with van der Waals surface area (Å²) in [5, 5.41) is 3.29. The second-order valence-corrected chi connectivity index (χ2v) is 3.07. The molecule has 0 spiro atoms. The van der Waals surface area contributed by atoms with Gasteiger partial charge in [0.15, 0.2) is 0 Å². The fraction of sp³-hybridized carbons (Fsp3) is 0.625. The summed E-state index contributed by atoms with van der Waals surface area (Å²) in [5.41, 5.74) is 0. The van der Waals surface area contributed by atoms with Crippen molar-refractivity contribution in [1.29, 1.82) is 0 Å². The maximum absolute atomic E-state index is 4.27. The third-order valence-corrected chi connectivity index (χ3v) is 2.08. The Labute approximate surface area is 102 Å². The molecule has 1 fully saturated rings. The van der Waals surface area contributed by atoms with Crippen LogP contribution in [-0.2, 0) is 0 Å². The van der Waals surface area contributed by atoms with Gasteiger partial charge in [0.05, 0.1) is 0 Å². The molecular formula is C8H15Cl2N5. The lowest BCUT2D eigenvalue weighted by Gasteiger charge is -2.27. The molecule has 1 saturated heterocycles. The minimum atomic E-state index is 0. The third kappa shape index (κ3) is 3.77. The zero-order valence-corrected chi connectivity index (χ0v) is 10.1. The first kappa shape index (κ1) is 14.3. The lowest BCUT2D eigenvalue weighted by Crippen LogP contribution is -2.44. The third-order valence-electron chi connectivity index (χ3n) is 2.08. The van der Waals surface area contributed by atoms with Gasteiger partial charge in [0.1, 0.15) is 12.2 Å². The monoisotopic (exact) mass is 251 g/mol. The molecule has 2 heterocycles. The average molecular weight is 252 g/mol. The van der Waals surface area contributed by atoms with E-state index in [1.165, 1.54) is 0 Å². The van der Waals surface area contributed by atoms with Gasteiger partial charge in [0.25, 0.3) is 0 Å². The number of piperazine rings is 1. The van der Waals surface area contributed by atoms with E-state index < -0.39 is 0 Å². The van der Waals surface area contributed by atoms with E-state index in [-0.39, 0.29) is 24.8 Å². The van der Waals surface area contributed by atoms with Crippen molar-refractivity contribution >= 4 is 30.8 Å². The number of halogens is 2. The number of aryl methyl sites for hydroxylation is 1. The highest BCUT2D eigenvalue weighted by Crippen LogP contribution is 2.05. The Morgan fingerprint density at radius 2 is 1.87 bits per heavy atom. The highest BCUT2D eigenvalue weighted by atomic mass is 35.5. The largest absolute Gasteiger partial charge is 0.338 e. The van der Waals surface area contributed by atoms with E-state index in [9.17, 15) is 0 Å². The smallest absolute Gasteiger partial charge is 0.228 e. The number of nitrogens with one attached hydrogen (secondary N) is 1. The quantitative estimate of drug-likeness (QED) is 0.785. The Morgan fingerprint density at radius 1 is 1.20 bits per heavy atom. The number of anilines is 1. The van der Waals surface area contributed by atoms with E-state index in [4.69, 9.17) is 0 Å². The van der Waals surface area contributed by atoms with E-state index in [0.29, 0.717) is 0 Å². The lowest BCUT2D eigenvalue weighted by molar-refractivity contribution is 0.578. The van der Waals surface area contributed by atoms with Crippen LogP contribution in [0.5, 0.6) is 0 Å². The van der Waals surface area contributed by atoms with Crippen molar-refractivity contribution in [1.82, 2.24) is 20.3 Å². The van der Waals surface area contributed by atoms with E-state index in [1.807, 2.05) is 6.92 Å². The molecule has 2 rings (SSSR count). The first-order valence-corrected chi connectivity index (χ1v) is 4.47. The van der Waals surface area contributed by atoms with E-state index in [2.05, 4.69) is 25.2 Å². The molecule has 1 aliphatic rings. The molecular weight excluding hydrogens is 237 g/mol. The molecule has 5 nitrogen and oxygen atoms in total. The second kappa shape index (κ2) is 6.76. The van der Waals surface area contributed by atoms with Crippen LogP contribution in [0.15, 0.2) is 6.33 Å². The Bertz CT molecular complexity index is 290. The van der Waals surface area contributed by atoms with Crippen LogP contribution < -0.4 is 10.2 Å². The maximum Gasteiger partial charge on any atom is 0.228 e. The minimum Gasteiger partial charge on any atom is -0.338 e. The second-order valence-electron chi connectivity index (χ2n) is 3.07. The van der Waals surface area contributed by atoms with E-state index in [0.717, 1.165) is 38.0 Å². The van der Waals surface area contributed by atoms with Gasteiger partial charge in [0, 0.05) is 26.2 Å². The molecule has 0 amide bonds. The predicted molar refractivity (Wildman–Crippen MR) is 64.1 cm³/mol. The van der Waals surface area contributed by atoms with Gasteiger partial charge in [-0.05, 0) is 6.92 Å². The van der Waals surface area contributed by atoms with Crippen molar-refractivity contribution in [3.05, 3.63) is 12.2 Å². The molecule has 0 radical (unpaired) electrons. The molecule has 0 unspecified atom stereocenters. The molecule has 1 aliphatic heterocycles. The normalized spacial score (nSPS) is 15.1. The van der Waals surface area contributed by atoms with Crippen molar-refractivity contribution in [3.8, 4) is 0 Å². The molecule has 0 saturated carbocycles. The van der Waals surface area contributed by atoms with Crippen molar-refractivity contribution in [2.45, 2.75) is 6.92 Å². The van der Waals surface area contributed by atoms with E-state index in [1.54, 1.807) is 6.33 Å². The summed E-state index contributed by atoms with van der Waals surface area (Å²) >= 11 is 0. The molecule has 0 atom stereocenters. The highest BCUT2D eigenvalue weighted by Gasteiger charge is 2.12. The molecule has 86 valence electrons. The molecule has 1 N–H and O–H groups in total. The van der Waals surface area contributed by atoms with Gasteiger partial charge in [0.2, 0.25) is 5.95 Å². The summed E-state index contributed by atoms with van der Waals surface area (Å²) in [6.07, 6.45) is 1.57. The van der Waals surface area contributed by atoms with Crippen LogP contribution in [0, 0.1) is 6.92 Å². The van der Waals surface area contributed by atoms with Crippen LogP contribution in [0.1, 0.15) is 5.82 Å². The van der Waals surface area contributed by atoms with Gasteiger partial charge >= 0.3 is 0 Å². The predicted octanol–water partition coefficient (Wildman–Crippen LogP) is 0.433. The van der Waals surface area contributed by atoms with Crippen LogP contribution in [-0.4, -0.2) is 41.1 Å². The maximum atomic E-state index is 4.27. The van der Waals surface area contributed by atoms with E-state index >= 15 is 0 Å². The Morgan fingerprint density at radius 3 is 2.47 bits per heavy atom. The van der Waals surface area contributed by atoms with Crippen LogP contribution >= 0.6 is 24.8 Å². The minimum absolute atomic E-state index is 0. The number of rotatable bonds is 1. The molecule has 7 heteroatoms. The molecule has 1 aromatic heterocycles. The Kier molecular flexibility index (Phi) is 6.47. The molecule has 0 bridgehead atoms. The van der Waals surface area contributed by atoms with Crippen molar-refractivity contribution < 1.29 is 0 Å². The van der Waals surface area contributed by atoms with Gasteiger partial charge < -0.3 is 10.2 Å². The first-order chi connectivity index (χ1) is 6.36. The lowest BCUT2D eigenvalue weighted by atomic mass is 10.4. The average Bonchev–Trinajstić information content (AvgIpc) is 2.19. The molecule has 0 aliphatic carbocycles. The molecule has 1 aromatic rings. The zero-order chi connectivity index (χ0) is 9.10. The van der Waals surface area contributed by atoms with Gasteiger partial charge in [-0.1, -0.05) is 0 Å². The number of hydrogen-bond donors (Lipinski definition) is 1. The summed E-state index contributed by atoms with van der Waals surface area (Å²) in [7, 11) is 0. The Balaban J connectivity index is 0.000000980. The fourth-order valence-electron chi connectivity index (χ4n) is 1.38. The Hall–Kier alpha value is -0.650. The summed E-state index contributed by atoms with van der Waals surface area (Å²) in [6, 6.07) is 0. The van der Waals surface area contributed by atoms with Crippen molar-refractivity contribution in [2.75, 3.05) is 31.1 Å². The molecule has 0 aromatic carbocycles.